The van der Waals surface area contributed by atoms with E-state index in [-0.39, 0.29) is 11.7 Å². The topological polar surface area (TPSA) is 134 Å². The van der Waals surface area contributed by atoms with Crippen LogP contribution in [0.2, 0.25) is 0 Å². The maximum absolute atomic E-state index is 12.8. The quantitative estimate of drug-likeness (QED) is 0.289. The smallest absolute Gasteiger partial charge is 0.271 e. The van der Waals surface area contributed by atoms with E-state index in [9.17, 15) is 4.79 Å². The molecule has 0 radical (unpaired) electrons. The molecule has 0 atom stereocenters. The summed E-state index contributed by atoms with van der Waals surface area (Å²) < 4.78 is 11.2. The highest BCUT2D eigenvalue weighted by atomic mass is 16.5. The number of carbonyl (C=O) groups is 1. The van der Waals surface area contributed by atoms with Crippen molar-refractivity contribution in [3.8, 4) is 17.1 Å². The van der Waals surface area contributed by atoms with Crippen LogP contribution in [0, 0.1) is 10.8 Å². The summed E-state index contributed by atoms with van der Waals surface area (Å²) >= 11 is 0. The average Bonchev–Trinajstić information content (AvgIpc) is 3.11. The molecule has 1 aromatic carbocycles. The Morgan fingerprint density at radius 2 is 1.64 bits per heavy atom. The highest BCUT2D eigenvalue weighted by Gasteiger charge is 2.46. The fraction of sp³-hybridized carbons (Fsp3) is 0.579. The fourth-order valence-electron chi connectivity index (χ4n) is 9.35. The molecule has 2 aromatic heterocycles. The van der Waals surface area contributed by atoms with Gasteiger partial charge in [-0.3, -0.25) is 9.78 Å². The number of methoxy groups -OCH3 is 1. The van der Waals surface area contributed by atoms with Crippen LogP contribution in [0.5, 0.6) is 5.75 Å². The van der Waals surface area contributed by atoms with Crippen molar-refractivity contribution in [1.82, 2.24) is 24.8 Å². The molecule has 1 aliphatic carbocycles. The summed E-state index contributed by atoms with van der Waals surface area (Å²) in [7, 11) is 3.84. The van der Waals surface area contributed by atoms with Gasteiger partial charge in [-0.25, -0.2) is 9.97 Å². The fourth-order valence-corrected chi connectivity index (χ4v) is 9.35. The lowest BCUT2D eigenvalue weighted by Gasteiger charge is -2.54. The van der Waals surface area contributed by atoms with Gasteiger partial charge in [-0.15, -0.1) is 0 Å². The van der Waals surface area contributed by atoms with Crippen LogP contribution in [0.4, 0.5) is 23.0 Å². The summed E-state index contributed by atoms with van der Waals surface area (Å²) in [5.74, 6) is 0.728. The first-order valence-corrected chi connectivity index (χ1v) is 18.4. The number of hydrogen-bond acceptors (Lipinski definition) is 11. The second kappa shape index (κ2) is 13.6. The minimum atomic E-state index is -0.670. The predicted molar refractivity (Wildman–Crippen MR) is 195 cm³/mol. The lowest BCUT2D eigenvalue weighted by molar-refractivity contribution is -0.0419. The van der Waals surface area contributed by atoms with Gasteiger partial charge in [-0.05, 0) is 119 Å². The predicted octanol–water partition coefficient (Wildman–Crippen LogP) is 4.76. The zero-order valence-corrected chi connectivity index (χ0v) is 29.5. The van der Waals surface area contributed by atoms with E-state index in [0.717, 1.165) is 57.7 Å². The standard InChI is InChI=1S/C38H51N9O3/c1-45-24-38(25-45)11-18-47(19-12-38)29-9-16-46(17-10-29)28-7-5-26(6-8-28)41-36-33(34(39)48)43-32(31-30(49-2)4-3-15-40-31)35(44-36)42-27-22-37(23-27)13-20-50-21-14-37/h3-8,15,27,29H,9-14,16-25H2,1-2H3,(H2,39,48)(H2,41,42,44). The molecule has 50 heavy (non-hydrogen) atoms. The number of amides is 1. The van der Waals surface area contributed by atoms with Crippen molar-refractivity contribution in [2.24, 2.45) is 16.6 Å². The first kappa shape index (κ1) is 33.2. The third kappa shape index (κ3) is 6.60. The molecule has 0 unspecified atom stereocenters. The van der Waals surface area contributed by atoms with Crippen LogP contribution in [-0.4, -0.2) is 109 Å². The molecule has 4 N–H and O–H groups in total. The minimum Gasteiger partial charge on any atom is -0.494 e. The van der Waals surface area contributed by atoms with Gasteiger partial charge >= 0.3 is 0 Å². The van der Waals surface area contributed by atoms with Crippen LogP contribution in [0.15, 0.2) is 42.6 Å². The van der Waals surface area contributed by atoms with Crippen molar-refractivity contribution >= 4 is 28.9 Å². The first-order valence-electron chi connectivity index (χ1n) is 18.4. The number of aromatic nitrogens is 3. The number of primary amides is 1. The normalized spacial score (nSPS) is 22.6. The Labute approximate surface area is 295 Å². The van der Waals surface area contributed by atoms with E-state index in [2.05, 4.69) is 49.5 Å². The molecule has 12 heteroatoms. The van der Waals surface area contributed by atoms with Crippen molar-refractivity contribution in [1.29, 1.82) is 0 Å². The monoisotopic (exact) mass is 681 g/mol. The summed E-state index contributed by atoms with van der Waals surface area (Å²) in [5, 5.41) is 6.99. The second-order valence-corrected chi connectivity index (χ2v) is 15.5. The van der Waals surface area contributed by atoms with Crippen molar-refractivity contribution in [3.05, 3.63) is 48.3 Å². The van der Waals surface area contributed by atoms with Crippen molar-refractivity contribution in [2.75, 3.05) is 82.2 Å². The zero-order chi connectivity index (χ0) is 34.3. The molecule has 1 amide bonds. The van der Waals surface area contributed by atoms with Crippen LogP contribution in [-0.2, 0) is 4.74 Å². The largest absolute Gasteiger partial charge is 0.494 e. The van der Waals surface area contributed by atoms with Crippen molar-refractivity contribution in [2.45, 2.75) is 63.5 Å². The third-order valence-electron chi connectivity index (χ3n) is 12.1. The van der Waals surface area contributed by atoms with Crippen LogP contribution in [0.1, 0.15) is 61.9 Å². The molecular weight excluding hydrogens is 630 g/mol. The van der Waals surface area contributed by atoms with E-state index in [1.807, 2.05) is 18.2 Å². The average molecular weight is 682 g/mol. The molecule has 1 saturated carbocycles. The van der Waals surface area contributed by atoms with Gasteiger partial charge in [0, 0.05) is 69.0 Å². The number of rotatable bonds is 9. The maximum atomic E-state index is 12.8. The number of hydrogen-bond donors (Lipinski definition) is 3. The Morgan fingerprint density at radius 3 is 2.30 bits per heavy atom. The Morgan fingerprint density at radius 1 is 0.920 bits per heavy atom. The van der Waals surface area contributed by atoms with E-state index in [1.54, 1.807) is 19.4 Å². The van der Waals surface area contributed by atoms with Gasteiger partial charge < -0.3 is 40.5 Å². The van der Waals surface area contributed by atoms with Gasteiger partial charge in [0.05, 0.1) is 7.11 Å². The molecule has 266 valence electrons. The lowest BCUT2D eigenvalue weighted by Crippen LogP contribution is -2.60. The number of nitrogens with zero attached hydrogens (tertiary/aromatic N) is 6. The molecule has 5 fully saturated rings. The molecule has 12 nitrogen and oxygen atoms in total. The zero-order valence-electron chi connectivity index (χ0n) is 29.5. The molecule has 0 bridgehead atoms. The second-order valence-electron chi connectivity index (χ2n) is 15.5. The number of ether oxygens (including phenoxy) is 2. The molecular formula is C38H51N9O3. The number of piperidine rings is 2. The maximum Gasteiger partial charge on any atom is 0.271 e. The van der Waals surface area contributed by atoms with Crippen LogP contribution < -0.4 is 26.0 Å². The van der Waals surface area contributed by atoms with Gasteiger partial charge in [-0.1, -0.05) is 0 Å². The van der Waals surface area contributed by atoms with Gasteiger partial charge in [0.25, 0.3) is 5.91 Å². The number of benzene rings is 1. The van der Waals surface area contributed by atoms with Gasteiger partial charge in [-0.2, -0.15) is 0 Å². The number of anilines is 4. The van der Waals surface area contributed by atoms with E-state index in [0.29, 0.717) is 45.6 Å². The Bertz CT molecular complexity index is 1660. The lowest BCUT2D eigenvalue weighted by atomic mass is 9.61. The van der Waals surface area contributed by atoms with Crippen LogP contribution >= 0.6 is 0 Å². The minimum absolute atomic E-state index is 0.0480. The molecule has 4 aliphatic heterocycles. The number of pyridine rings is 1. The number of carbonyl (C=O) groups excluding carboxylic acids is 1. The highest BCUT2D eigenvalue weighted by molar-refractivity contribution is 5.97. The van der Waals surface area contributed by atoms with Crippen LogP contribution in [0.3, 0.4) is 0 Å². The SMILES string of the molecule is COc1cccnc1-c1nc(C(N)=O)c(Nc2ccc(N3CCC(N4CCC5(CC4)CN(C)C5)CC3)cc2)nc1NC1CC2(CCOCC2)C1. The Balaban J connectivity index is 0.964. The highest BCUT2D eigenvalue weighted by Crippen LogP contribution is 2.50. The van der Waals surface area contributed by atoms with E-state index in [4.69, 9.17) is 25.2 Å². The van der Waals surface area contributed by atoms with Gasteiger partial charge in [0.2, 0.25) is 0 Å². The van der Waals surface area contributed by atoms with Gasteiger partial charge in [0.1, 0.15) is 17.1 Å². The number of nitrogens with one attached hydrogen (secondary N) is 2. The number of likely N-dealkylation sites (tertiary alicyclic amines) is 2. The van der Waals surface area contributed by atoms with E-state index in [1.165, 1.54) is 57.5 Å². The molecule has 6 heterocycles. The summed E-state index contributed by atoms with van der Waals surface area (Å²) in [6, 6.07) is 12.9. The molecule has 3 aromatic rings. The first-order chi connectivity index (χ1) is 24.3. The summed E-state index contributed by atoms with van der Waals surface area (Å²) in [4.78, 5) is 34.8. The van der Waals surface area contributed by atoms with Crippen molar-refractivity contribution < 1.29 is 14.3 Å². The molecule has 2 spiro atoms. The summed E-state index contributed by atoms with van der Waals surface area (Å²) in [6.07, 6.45) is 11.0. The molecule has 8 rings (SSSR count). The van der Waals surface area contributed by atoms with Crippen LogP contribution in [0.25, 0.3) is 11.4 Å². The van der Waals surface area contributed by atoms with E-state index < -0.39 is 5.91 Å². The number of nitrogens with two attached hydrogens (primary N) is 1. The third-order valence-corrected chi connectivity index (χ3v) is 12.1. The van der Waals surface area contributed by atoms with Gasteiger partial charge in [0.15, 0.2) is 17.3 Å². The van der Waals surface area contributed by atoms with E-state index >= 15 is 0 Å². The summed E-state index contributed by atoms with van der Waals surface area (Å²) in [6.45, 7) is 8.81. The Hall–Kier alpha value is -4.00. The summed E-state index contributed by atoms with van der Waals surface area (Å²) in [5.41, 5.74) is 9.83. The molecule has 5 aliphatic rings. The molecule has 4 saturated heterocycles. The van der Waals surface area contributed by atoms with Crippen molar-refractivity contribution in [3.63, 3.8) is 0 Å². The Kier molecular flexibility index (Phi) is 9.03.